The highest BCUT2D eigenvalue weighted by Gasteiger charge is 2.57. The van der Waals surface area contributed by atoms with Crippen LogP contribution >= 0.6 is 15.9 Å². The molecular formula is C18H19BrFN3O. The molecule has 0 bridgehead atoms. The van der Waals surface area contributed by atoms with Crippen LogP contribution in [0.1, 0.15) is 25.3 Å². The zero-order valence-electron chi connectivity index (χ0n) is 13.8. The van der Waals surface area contributed by atoms with Gasteiger partial charge in [0.15, 0.2) is 0 Å². The molecule has 1 aromatic heterocycles. The fourth-order valence-corrected chi connectivity index (χ4v) is 4.36. The highest BCUT2D eigenvalue weighted by atomic mass is 79.9. The van der Waals surface area contributed by atoms with Gasteiger partial charge in [0.05, 0.1) is 21.9 Å². The fraction of sp³-hybridized carbons (Fsp3) is 0.444. The van der Waals surface area contributed by atoms with Gasteiger partial charge in [-0.1, -0.05) is 13.3 Å². The number of likely N-dealkylation sites (N-methyl/N-ethyl adjacent to an activating group) is 1. The second kappa shape index (κ2) is 5.49. The number of likely N-dealkylation sites (tertiary alicyclic amines) is 1. The quantitative estimate of drug-likeness (QED) is 0.803. The van der Waals surface area contributed by atoms with Crippen molar-refractivity contribution in [3.05, 3.63) is 34.2 Å². The molecule has 24 heavy (non-hydrogen) atoms. The molecule has 2 aliphatic heterocycles. The lowest BCUT2D eigenvalue weighted by Gasteiger charge is -2.47. The Balaban J connectivity index is 1.85. The largest absolute Gasteiger partial charge is 0.313 e. The lowest BCUT2D eigenvalue weighted by molar-refractivity contribution is -0.129. The van der Waals surface area contributed by atoms with Crippen molar-refractivity contribution in [2.45, 2.75) is 25.2 Å². The molecule has 1 amide bonds. The summed E-state index contributed by atoms with van der Waals surface area (Å²) in [4.78, 5) is 21.4. The molecule has 1 spiro atoms. The second-order valence-corrected chi connectivity index (χ2v) is 7.67. The standard InChI is InChI=1S/C18H19BrFN3O/c1-3-4-5-23-9-18(10-23)16-11-6-12(19)13(20)7-14(11)21-8-15(16)22(2)17(18)24/h6-8H,3-5,9-10H2,1-2H3. The number of benzene rings is 1. The minimum Gasteiger partial charge on any atom is -0.313 e. The van der Waals surface area contributed by atoms with Crippen molar-refractivity contribution in [2.24, 2.45) is 0 Å². The summed E-state index contributed by atoms with van der Waals surface area (Å²) in [6.45, 7) is 4.66. The van der Waals surface area contributed by atoms with Crippen LogP contribution in [0.3, 0.4) is 0 Å². The summed E-state index contributed by atoms with van der Waals surface area (Å²) in [5.74, 6) is -0.208. The first kappa shape index (κ1) is 16.0. The predicted molar refractivity (Wildman–Crippen MR) is 95.8 cm³/mol. The van der Waals surface area contributed by atoms with E-state index in [2.05, 4.69) is 32.7 Å². The summed E-state index contributed by atoms with van der Waals surface area (Å²) < 4.78 is 14.3. The highest BCUT2D eigenvalue weighted by molar-refractivity contribution is 9.10. The molecule has 1 saturated heterocycles. The van der Waals surface area contributed by atoms with E-state index in [0.29, 0.717) is 9.99 Å². The number of aromatic nitrogens is 1. The van der Waals surface area contributed by atoms with E-state index in [-0.39, 0.29) is 11.7 Å². The number of anilines is 1. The van der Waals surface area contributed by atoms with Crippen LogP contribution in [0.4, 0.5) is 10.1 Å². The molecule has 0 unspecified atom stereocenters. The molecule has 3 heterocycles. The van der Waals surface area contributed by atoms with Crippen LogP contribution in [0, 0.1) is 5.82 Å². The molecule has 126 valence electrons. The molecule has 0 N–H and O–H groups in total. The van der Waals surface area contributed by atoms with E-state index in [9.17, 15) is 9.18 Å². The highest BCUT2D eigenvalue weighted by Crippen LogP contribution is 2.49. The second-order valence-electron chi connectivity index (χ2n) is 6.81. The lowest BCUT2D eigenvalue weighted by Crippen LogP contribution is -2.63. The van der Waals surface area contributed by atoms with Gasteiger partial charge in [-0.2, -0.15) is 0 Å². The van der Waals surface area contributed by atoms with Crippen LogP contribution in [0.2, 0.25) is 0 Å². The zero-order chi connectivity index (χ0) is 17.1. The number of carbonyl (C=O) groups is 1. The molecule has 2 aliphatic rings. The van der Waals surface area contributed by atoms with Gasteiger partial charge in [0.2, 0.25) is 5.91 Å². The Labute approximate surface area is 148 Å². The summed E-state index contributed by atoms with van der Waals surface area (Å²) in [6, 6.07) is 3.20. The molecule has 1 aromatic carbocycles. The van der Waals surface area contributed by atoms with Crippen molar-refractivity contribution in [3.63, 3.8) is 0 Å². The monoisotopic (exact) mass is 391 g/mol. The number of hydrogen-bond donors (Lipinski definition) is 0. The van der Waals surface area contributed by atoms with E-state index in [1.807, 2.05) is 0 Å². The van der Waals surface area contributed by atoms with Gasteiger partial charge in [-0.3, -0.25) is 9.78 Å². The van der Waals surface area contributed by atoms with Crippen LogP contribution < -0.4 is 4.90 Å². The SMILES string of the molecule is CCCCN1CC2(C1)C(=O)N(C)c1cnc3cc(F)c(Br)cc3c12. The third-order valence-corrected chi connectivity index (χ3v) is 5.87. The van der Waals surface area contributed by atoms with Gasteiger partial charge in [0.25, 0.3) is 0 Å². The number of halogens is 2. The maximum atomic E-state index is 13.9. The minimum atomic E-state index is -0.504. The number of carbonyl (C=O) groups excluding carboxylic acids is 1. The van der Waals surface area contributed by atoms with Gasteiger partial charge >= 0.3 is 0 Å². The Morgan fingerprint density at radius 3 is 2.83 bits per heavy atom. The minimum absolute atomic E-state index is 0.125. The molecule has 4 nitrogen and oxygen atoms in total. The van der Waals surface area contributed by atoms with Gasteiger partial charge in [-0.25, -0.2) is 4.39 Å². The Bertz CT molecular complexity index is 848. The number of pyridine rings is 1. The fourth-order valence-electron chi connectivity index (χ4n) is 4.02. The van der Waals surface area contributed by atoms with Crippen molar-refractivity contribution in [2.75, 3.05) is 31.6 Å². The van der Waals surface area contributed by atoms with E-state index < -0.39 is 5.41 Å². The summed E-state index contributed by atoms with van der Waals surface area (Å²) in [6.07, 6.45) is 3.99. The van der Waals surface area contributed by atoms with E-state index >= 15 is 0 Å². The molecule has 0 aliphatic carbocycles. The van der Waals surface area contributed by atoms with Crippen LogP contribution in [-0.4, -0.2) is 42.5 Å². The first-order valence-electron chi connectivity index (χ1n) is 8.26. The van der Waals surface area contributed by atoms with Gasteiger partial charge in [0.1, 0.15) is 11.2 Å². The van der Waals surface area contributed by atoms with Crippen molar-refractivity contribution < 1.29 is 9.18 Å². The smallest absolute Gasteiger partial charge is 0.240 e. The average Bonchev–Trinajstić information content (AvgIpc) is 2.75. The van der Waals surface area contributed by atoms with Gasteiger partial charge in [0, 0.05) is 37.2 Å². The van der Waals surface area contributed by atoms with Crippen molar-refractivity contribution >= 4 is 38.4 Å². The number of hydrogen-bond acceptors (Lipinski definition) is 3. The van der Waals surface area contributed by atoms with Crippen molar-refractivity contribution in [1.29, 1.82) is 0 Å². The van der Waals surface area contributed by atoms with Crippen LogP contribution in [0.5, 0.6) is 0 Å². The summed E-state index contributed by atoms with van der Waals surface area (Å²) in [5.41, 5.74) is 1.95. The van der Waals surface area contributed by atoms with Gasteiger partial charge in [-0.15, -0.1) is 0 Å². The Hall–Kier alpha value is -1.53. The van der Waals surface area contributed by atoms with Gasteiger partial charge in [-0.05, 0) is 35.0 Å². The maximum Gasteiger partial charge on any atom is 0.240 e. The van der Waals surface area contributed by atoms with Crippen LogP contribution in [0.15, 0.2) is 22.8 Å². The van der Waals surface area contributed by atoms with Gasteiger partial charge < -0.3 is 9.80 Å². The number of unbranched alkanes of at least 4 members (excludes halogenated alkanes) is 1. The number of fused-ring (bicyclic) bond motifs is 4. The average molecular weight is 392 g/mol. The van der Waals surface area contributed by atoms with Crippen molar-refractivity contribution in [3.8, 4) is 0 Å². The Morgan fingerprint density at radius 2 is 2.12 bits per heavy atom. The third-order valence-electron chi connectivity index (χ3n) is 5.26. The molecule has 0 atom stereocenters. The van der Waals surface area contributed by atoms with Crippen LogP contribution in [0.25, 0.3) is 10.9 Å². The van der Waals surface area contributed by atoms with Crippen molar-refractivity contribution in [1.82, 2.24) is 9.88 Å². The zero-order valence-corrected chi connectivity index (χ0v) is 15.4. The number of nitrogens with zero attached hydrogens (tertiary/aromatic N) is 3. The molecule has 1 fully saturated rings. The van der Waals surface area contributed by atoms with Crippen LogP contribution in [-0.2, 0) is 10.2 Å². The Morgan fingerprint density at radius 1 is 1.38 bits per heavy atom. The summed E-state index contributed by atoms with van der Waals surface area (Å²) in [7, 11) is 1.80. The maximum absolute atomic E-state index is 13.9. The molecule has 2 aromatic rings. The molecule has 6 heteroatoms. The van der Waals surface area contributed by atoms with E-state index in [0.717, 1.165) is 49.1 Å². The molecular weight excluding hydrogens is 373 g/mol. The Kier molecular flexibility index (Phi) is 3.65. The first-order valence-corrected chi connectivity index (χ1v) is 9.06. The molecule has 0 saturated carbocycles. The normalized spacial score (nSPS) is 19.2. The van der Waals surface area contributed by atoms with E-state index in [4.69, 9.17) is 0 Å². The number of rotatable bonds is 3. The summed E-state index contributed by atoms with van der Waals surface area (Å²) >= 11 is 3.27. The number of amides is 1. The van der Waals surface area contributed by atoms with E-state index in [1.165, 1.54) is 6.07 Å². The predicted octanol–water partition coefficient (Wildman–Crippen LogP) is 3.47. The van der Waals surface area contributed by atoms with E-state index in [1.54, 1.807) is 24.2 Å². The summed E-state index contributed by atoms with van der Waals surface area (Å²) in [5, 5.41) is 0.869. The lowest BCUT2D eigenvalue weighted by atomic mass is 9.73. The first-order chi connectivity index (χ1) is 11.5. The third kappa shape index (κ3) is 2.05. The molecule has 4 rings (SSSR count). The molecule has 0 radical (unpaired) electrons. The topological polar surface area (TPSA) is 36.4 Å².